The minimum atomic E-state index is -0.449. The molecule has 0 spiro atoms. The van der Waals surface area contributed by atoms with Gasteiger partial charge in [-0.25, -0.2) is 9.78 Å². The number of likely N-dealkylation sites (tertiary alicyclic amines) is 1. The number of aromatic nitrogens is 1. The van der Waals surface area contributed by atoms with E-state index in [1.165, 1.54) is 0 Å². The zero-order valence-corrected chi connectivity index (χ0v) is 17.8. The molecule has 1 amide bonds. The number of rotatable bonds is 5. The average molecular weight is 410 g/mol. The van der Waals surface area contributed by atoms with Crippen molar-refractivity contribution in [3.63, 3.8) is 0 Å². The van der Waals surface area contributed by atoms with Crippen LogP contribution in [0.1, 0.15) is 33.3 Å². The van der Waals surface area contributed by atoms with Crippen molar-refractivity contribution in [1.82, 2.24) is 9.88 Å². The summed E-state index contributed by atoms with van der Waals surface area (Å²) in [4.78, 5) is 18.1. The number of pyridine rings is 1. The predicted octanol–water partition coefficient (Wildman–Crippen LogP) is 2.78. The van der Waals surface area contributed by atoms with Crippen molar-refractivity contribution in [3.8, 4) is 5.88 Å². The van der Waals surface area contributed by atoms with Gasteiger partial charge < -0.3 is 23.7 Å². The first-order valence-corrected chi connectivity index (χ1v) is 10.2. The SMILES string of the molecule is CC1(C)OB(c2ccc(OC3CN(C(=O)OCc4ccccc4)C3)nc2)OC1(C)C. The normalized spacial score (nSPS) is 20.0. The molecule has 0 unspecified atom stereocenters. The molecule has 2 aliphatic rings. The summed E-state index contributed by atoms with van der Waals surface area (Å²) in [6.45, 7) is 9.30. The Balaban J connectivity index is 1.23. The van der Waals surface area contributed by atoms with E-state index in [4.69, 9.17) is 18.8 Å². The maximum absolute atomic E-state index is 12.1. The molecule has 158 valence electrons. The van der Waals surface area contributed by atoms with Gasteiger partial charge in [0.1, 0.15) is 12.7 Å². The summed E-state index contributed by atoms with van der Waals surface area (Å²) in [6.07, 6.45) is 1.29. The van der Waals surface area contributed by atoms with E-state index in [9.17, 15) is 4.79 Å². The van der Waals surface area contributed by atoms with Gasteiger partial charge in [0.05, 0.1) is 24.3 Å². The van der Waals surface area contributed by atoms with Crippen molar-refractivity contribution in [1.29, 1.82) is 0 Å². The lowest BCUT2D eigenvalue weighted by Crippen LogP contribution is -2.56. The Bertz CT molecular complexity index is 866. The van der Waals surface area contributed by atoms with E-state index >= 15 is 0 Å². The van der Waals surface area contributed by atoms with Gasteiger partial charge in [-0.1, -0.05) is 36.4 Å². The summed E-state index contributed by atoms with van der Waals surface area (Å²) in [5.74, 6) is 0.512. The minimum Gasteiger partial charge on any atom is -0.471 e. The van der Waals surface area contributed by atoms with Gasteiger partial charge >= 0.3 is 13.2 Å². The first-order chi connectivity index (χ1) is 14.2. The van der Waals surface area contributed by atoms with Gasteiger partial charge in [-0.15, -0.1) is 0 Å². The fraction of sp³-hybridized carbons (Fsp3) is 0.455. The van der Waals surface area contributed by atoms with Crippen molar-refractivity contribution in [2.24, 2.45) is 0 Å². The molecule has 30 heavy (non-hydrogen) atoms. The highest BCUT2D eigenvalue weighted by molar-refractivity contribution is 6.62. The number of carbonyl (C=O) groups is 1. The molecule has 1 aromatic carbocycles. The summed E-state index contributed by atoms with van der Waals surface area (Å²) in [5, 5.41) is 0. The van der Waals surface area contributed by atoms with Crippen LogP contribution in [0.2, 0.25) is 0 Å². The highest BCUT2D eigenvalue weighted by Gasteiger charge is 2.51. The zero-order chi connectivity index (χ0) is 21.4. The summed E-state index contributed by atoms with van der Waals surface area (Å²) in [6, 6.07) is 13.3. The second-order valence-electron chi connectivity index (χ2n) is 8.70. The lowest BCUT2D eigenvalue weighted by Gasteiger charge is -2.37. The number of ether oxygens (including phenoxy) is 2. The van der Waals surface area contributed by atoms with Crippen LogP contribution in [0.25, 0.3) is 0 Å². The molecule has 0 aliphatic carbocycles. The summed E-state index contributed by atoms with van der Waals surface area (Å²) < 4.78 is 23.3. The number of benzene rings is 1. The molecule has 2 aliphatic heterocycles. The van der Waals surface area contributed by atoms with Crippen LogP contribution in [0.3, 0.4) is 0 Å². The van der Waals surface area contributed by atoms with E-state index < -0.39 is 18.3 Å². The van der Waals surface area contributed by atoms with Gasteiger partial charge in [-0.05, 0) is 39.3 Å². The van der Waals surface area contributed by atoms with Crippen LogP contribution in [-0.4, -0.2) is 53.5 Å². The van der Waals surface area contributed by atoms with Gasteiger partial charge in [0.25, 0.3) is 0 Å². The highest BCUT2D eigenvalue weighted by atomic mass is 16.7. The van der Waals surface area contributed by atoms with Crippen LogP contribution in [0, 0.1) is 0 Å². The van der Waals surface area contributed by atoms with Gasteiger partial charge in [-0.3, -0.25) is 0 Å². The molecule has 2 saturated heterocycles. The number of nitrogens with zero attached hydrogens (tertiary/aromatic N) is 2. The van der Waals surface area contributed by atoms with Crippen LogP contribution in [0.15, 0.2) is 48.7 Å². The van der Waals surface area contributed by atoms with E-state index in [-0.39, 0.29) is 18.8 Å². The second kappa shape index (κ2) is 7.93. The van der Waals surface area contributed by atoms with E-state index in [1.54, 1.807) is 17.2 Å². The maximum Gasteiger partial charge on any atom is 0.496 e. The van der Waals surface area contributed by atoms with E-state index in [2.05, 4.69) is 4.98 Å². The Kier molecular flexibility index (Phi) is 5.47. The quantitative estimate of drug-likeness (QED) is 0.707. The van der Waals surface area contributed by atoms with Gasteiger partial charge in [0.2, 0.25) is 5.88 Å². The molecule has 7 nitrogen and oxygen atoms in total. The molecule has 8 heteroatoms. The monoisotopic (exact) mass is 410 g/mol. The fourth-order valence-electron chi connectivity index (χ4n) is 3.22. The number of hydrogen-bond acceptors (Lipinski definition) is 6. The molecule has 4 rings (SSSR count). The third kappa shape index (κ3) is 4.30. The second-order valence-corrected chi connectivity index (χ2v) is 8.70. The molecular weight excluding hydrogens is 383 g/mol. The van der Waals surface area contributed by atoms with E-state index in [1.807, 2.05) is 64.1 Å². The zero-order valence-electron chi connectivity index (χ0n) is 17.8. The first-order valence-electron chi connectivity index (χ1n) is 10.2. The Morgan fingerprint density at radius 2 is 1.77 bits per heavy atom. The smallest absolute Gasteiger partial charge is 0.471 e. The van der Waals surface area contributed by atoms with E-state index in [0.717, 1.165) is 11.0 Å². The van der Waals surface area contributed by atoms with Crippen LogP contribution < -0.4 is 10.2 Å². The summed E-state index contributed by atoms with van der Waals surface area (Å²) in [7, 11) is -0.449. The largest absolute Gasteiger partial charge is 0.496 e. The molecule has 2 aromatic rings. The van der Waals surface area contributed by atoms with Gasteiger partial charge in [-0.2, -0.15) is 0 Å². The van der Waals surface area contributed by atoms with Crippen molar-refractivity contribution in [2.45, 2.75) is 51.6 Å². The lowest BCUT2D eigenvalue weighted by atomic mass is 9.80. The molecule has 1 aromatic heterocycles. The Labute approximate surface area is 177 Å². The number of amides is 1. The van der Waals surface area contributed by atoms with Crippen LogP contribution >= 0.6 is 0 Å². The van der Waals surface area contributed by atoms with Crippen LogP contribution in [0.5, 0.6) is 5.88 Å². The summed E-state index contributed by atoms with van der Waals surface area (Å²) in [5.41, 5.74) is 1.03. The third-order valence-corrected chi connectivity index (χ3v) is 5.88. The Morgan fingerprint density at radius 3 is 2.37 bits per heavy atom. The fourth-order valence-corrected chi connectivity index (χ4v) is 3.22. The average Bonchev–Trinajstić information content (AvgIpc) is 2.91. The Morgan fingerprint density at radius 1 is 1.10 bits per heavy atom. The molecule has 0 radical (unpaired) electrons. The molecule has 3 heterocycles. The number of carbonyl (C=O) groups excluding carboxylic acids is 1. The van der Waals surface area contributed by atoms with Crippen molar-refractivity contribution in [3.05, 3.63) is 54.2 Å². The van der Waals surface area contributed by atoms with Crippen molar-refractivity contribution < 1.29 is 23.6 Å². The molecule has 0 bridgehead atoms. The lowest BCUT2D eigenvalue weighted by molar-refractivity contribution is 0.00578. The van der Waals surface area contributed by atoms with Crippen LogP contribution in [0.4, 0.5) is 4.79 Å². The maximum atomic E-state index is 12.1. The highest BCUT2D eigenvalue weighted by Crippen LogP contribution is 2.36. The molecule has 2 fully saturated rings. The standard InChI is InChI=1S/C22H27BN2O5/c1-21(2)22(3,4)30-23(29-21)17-10-11-19(24-12-17)28-18-13-25(14-18)20(26)27-15-16-8-6-5-7-9-16/h5-12,18H,13-15H2,1-4H3. The number of hydrogen-bond donors (Lipinski definition) is 0. The third-order valence-electron chi connectivity index (χ3n) is 5.88. The molecular formula is C22H27BN2O5. The first kappa shape index (κ1) is 20.7. The van der Waals surface area contributed by atoms with Crippen LogP contribution in [-0.2, 0) is 20.7 Å². The topological polar surface area (TPSA) is 70.1 Å². The summed E-state index contributed by atoms with van der Waals surface area (Å²) >= 11 is 0. The van der Waals surface area contributed by atoms with Gasteiger partial charge in [0.15, 0.2) is 0 Å². The van der Waals surface area contributed by atoms with Crippen molar-refractivity contribution >= 4 is 18.7 Å². The molecule has 0 N–H and O–H groups in total. The van der Waals surface area contributed by atoms with E-state index in [0.29, 0.717) is 19.0 Å². The van der Waals surface area contributed by atoms with Crippen molar-refractivity contribution in [2.75, 3.05) is 13.1 Å². The predicted molar refractivity (Wildman–Crippen MR) is 113 cm³/mol. The Hall–Kier alpha value is -2.58. The van der Waals surface area contributed by atoms with Gasteiger partial charge in [0, 0.05) is 11.7 Å². The molecule has 0 saturated carbocycles. The minimum absolute atomic E-state index is 0.0931. The molecule has 0 atom stereocenters.